The number of tetrazole rings is 1. The molecule has 0 aliphatic carbocycles. The van der Waals surface area contributed by atoms with Crippen molar-refractivity contribution in [3.63, 3.8) is 0 Å². The van der Waals surface area contributed by atoms with Gasteiger partial charge in [-0.05, 0) is 28.1 Å². The van der Waals surface area contributed by atoms with Crippen LogP contribution in [0.15, 0.2) is 54.6 Å². The van der Waals surface area contributed by atoms with E-state index in [9.17, 15) is 0 Å². The summed E-state index contributed by atoms with van der Waals surface area (Å²) in [7, 11) is 0. The van der Waals surface area contributed by atoms with Gasteiger partial charge in [0.15, 0.2) is 5.82 Å². The molecule has 2 heterocycles. The van der Waals surface area contributed by atoms with Crippen LogP contribution in [-0.4, -0.2) is 20.2 Å². The van der Waals surface area contributed by atoms with Gasteiger partial charge in [-0.25, -0.2) is 4.68 Å². The fourth-order valence-corrected chi connectivity index (χ4v) is 2.46. The van der Waals surface area contributed by atoms with Gasteiger partial charge in [0.25, 0.3) is 0 Å². The summed E-state index contributed by atoms with van der Waals surface area (Å²) in [4.78, 5) is 0. The first-order chi connectivity index (χ1) is 9.92. The molecule has 0 fully saturated rings. The molecule has 0 radical (unpaired) electrons. The van der Waals surface area contributed by atoms with Crippen LogP contribution in [0.3, 0.4) is 0 Å². The third-order valence-electron chi connectivity index (χ3n) is 3.44. The van der Waals surface area contributed by atoms with E-state index in [1.807, 2.05) is 42.5 Å². The third kappa shape index (κ3) is 1.75. The van der Waals surface area contributed by atoms with Gasteiger partial charge >= 0.3 is 0 Å². The molecule has 0 spiro atoms. The quantitative estimate of drug-likeness (QED) is 0.677. The first-order valence-corrected chi connectivity index (χ1v) is 6.49. The second kappa shape index (κ2) is 4.45. The molecule has 0 amide bonds. The predicted molar refractivity (Wildman–Crippen MR) is 73.1 cm³/mol. The van der Waals surface area contributed by atoms with Gasteiger partial charge in [0.2, 0.25) is 0 Å². The maximum Gasteiger partial charge on any atom is 0.185 e. The Balaban J connectivity index is 1.85. The number of aromatic nitrogens is 4. The van der Waals surface area contributed by atoms with E-state index in [2.05, 4.69) is 27.7 Å². The van der Waals surface area contributed by atoms with Gasteiger partial charge in [0.05, 0.1) is 12.1 Å². The average Bonchev–Trinajstić information content (AvgIpc) is 2.90. The maximum absolute atomic E-state index is 6.16. The Morgan fingerprint density at radius 3 is 2.70 bits per heavy atom. The summed E-state index contributed by atoms with van der Waals surface area (Å²) in [5.41, 5.74) is 2.04. The van der Waals surface area contributed by atoms with E-state index >= 15 is 0 Å². The Morgan fingerprint density at radius 1 is 1.00 bits per heavy atom. The number of hydrogen-bond donors (Lipinski definition) is 0. The highest BCUT2D eigenvalue weighted by molar-refractivity contribution is 5.64. The van der Waals surface area contributed by atoms with E-state index in [1.165, 1.54) is 0 Å². The van der Waals surface area contributed by atoms with Crippen molar-refractivity contribution < 1.29 is 4.74 Å². The molecule has 3 aromatic rings. The molecule has 1 atom stereocenters. The van der Waals surface area contributed by atoms with Crippen molar-refractivity contribution in [2.24, 2.45) is 0 Å². The number of para-hydroxylation sites is 1. The van der Waals surface area contributed by atoms with E-state index in [4.69, 9.17) is 4.74 Å². The summed E-state index contributed by atoms with van der Waals surface area (Å²) in [5, 5.41) is 12.0. The van der Waals surface area contributed by atoms with Crippen LogP contribution in [0.4, 0.5) is 0 Å². The normalized spacial score (nSPS) is 16.7. The lowest BCUT2D eigenvalue weighted by molar-refractivity contribution is 0.184. The van der Waals surface area contributed by atoms with E-state index < -0.39 is 0 Å². The lowest BCUT2D eigenvalue weighted by Crippen LogP contribution is -2.14. The zero-order chi connectivity index (χ0) is 13.4. The van der Waals surface area contributed by atoms with Crippen LogP contribution in [0.2, 0.25) is 0 Å². The van der Waals surface area contributed by atoms with E-state index in [0.717, 1.165) is 22.7 Å². The van der Waals surface area contributed by atoms with Crippen molar-refractivity contribution in [3.05, 3.63) is 60.2 Å². The molecule has 1 aromatic heterocycles. The monoisotopic (exact) mass is 264 g/mol. The molecular formula is C15H12N4O. The zero-order valence-corrected chi connectivity index (χ0v) is 10.7. The van der Waals surface area contributed by atoms with Crippen LogP contribution in [-0.2, 0) is 6.54 Å². The molecule has 0 unspecified atom stereocenters. The summed E-state index contributed by atoms with van der Waals surface area (Å²) in [5.74, 6) is 1.56. The summed E-state index contributed by atoms with van der Waals surface area (Å²) in [6.07, 6.45) is -0.0953. The molecule has 4 rings (SSSR count). The maximum atomic E-state index is 6.16. The number of rotatable bonds is 1. The lowest BCUT2D eigenvalue weighted by atomic mass is 10.1. The number of nitrogens with zero attached hydrogens (tertiary/aromatic N) is 4. The van der Waals surface area contributed by atoms with Gasteiger partial charge in [-0.15, -0.1) is 5.10 Å². The highest BCUT2D eigenvalue weighted by atomic mass is 16.5. The highest BCUT2D eigenvalue weighted by Crippen LogP contribution is 2.35. The smallest absolute Gasteiger partial charge is 0.185 e. The molecule has 5 nitrogen and oxygen atoms in total. The largest absolute Gasteiger partial charge is 0.483 e. The van der Waals surface area contributed by atoms with E-state index in [-0.39, 0.29) is 6.10 Å². The fraction of sp³-hybridized carbons (Fsp3) is 0.133. The van der Waals surface area contributed by atoms with Gasteiger partial charge in [0.1, 0.15) is 11.9 Å². The number of ether oxygens (including phenoxy) is 1. The second-order valence-corrected chi connectivity index (χ2v) is 4.70. The van der Waals surface area contributed by atoms with Crippen molar-refractivity contribution in [1.29, 1.82) is 0 Å². The molecule has 0 saturated heterocycles. The van der Waals surface area contributed by atoms with Gasteiger partial charge in [0, 0.05) is 0 Å². The minimum absolute atomic E-state index is 0.0953. The minimum atomic E-state index is -0.0953. The van der Waals surface area contributed by atoms with Crippen LogP contribution in [0.5, 0.6) is 5.75 Å². The number of hydrogen-bond acceptors (Lipinski definition) is 4. The van der Waals surface area contributed by atoms with Crippen LogP contribution in [0, 0.1) is 0 Å². The minimum Gasteiger partial charge on any atom is -0.483 e. The van der Waals surface area contributed by atoms with Crippen LogP contribution in [0.25, 0.3) is 11.4 Å². The number of benzene rings is 2. The topological polar surface area (TPSA) is 52.8 Å². The SMILES string of the molecule is c1ccc([C@@H]2Cn3nnnc3-c3ccccc3O2)cc1. The Labute approximate surface area is 115 Å². The third-order valence-corrected chi connectivity index (χ3v) is 3.44. The van der Waals surface area contributed by atoms with Crippen LogP contribution < -0.4 is 4.74 Å². The van der Waals surface area contributed by atoms with E-state index in [0.29, 0.717) is 6.54 Å². The molecule has 0 N–H and O–H groups in total. The Bertz CT molecular complexity index is 738. The van der Waals surface area contributed by atoms with Gasteiger partial charge in [-0.2, -0.15) is 0 Å². The number of fused-ring (bicyclic) bond motifs is 3. The van der Waals surface area contributed by atoms with Crippen molar-refractivity contribution in [2.75, 3.05) is 0 Å². The highest BCUT2D eigenvalue weighted by Gasteiger charge is 2.25. The molecule has 2 aromatic carbocycles. The predicted octanol–water partition coefficient (Wildman–Crippen LogP) is 2.47. The molecular weight excluding hydrogens is 252 g/mol. The Morgan fingerprint density at radius 2 is 1.80 bits per heavy atom. The van der Waals surface area contributed by atoms with Crippen molar-refractivity contribution >= 4 is 0 Å². The van der Waals surface area contributed by atoms with Crippen molar-refractivity contribution in [3.8, 4) is 17.1 Å². The molecule has 20 heavy (non-hydrogen) atoms. The molecule has 1 aliphatic rings. The van der Waals surface area contributed by atoms with Gasteiger partial charge in [-0.3, -0.25) is 0 Å². The average molecular weight is 264 g/mol. The lowest BCUT2D eigenvalue weighted by Gasteiger charge is -2.17. The zero-order valence-electron chi connectivity index (χ0n) is 10.7. The van der Waals surface area contributed by atoms with Gasteiger partial charge in [-0.1, -0.05) is 42.5 Å². The second-order valence-electron chi connectivity index (χ2n) is 4.70. The summed E-state index contributed by atoms with van der Waals surface area (Å²) >= 11 is 0. The summed E-state index contributed by atoms with van der Waals surface area (Å²) in [6, 6.07) is 18.0. The van der Waals surface area contributed by atoms with Crippen LogP contribution in [0.1, 0.15) is 11.7 Å². The van der Waals surface area contributed by atoms with Crippen LogP contribution >= 0.6 is 0 Å². The molecule has 0 bridgehead atoms. The molecule has 98 valence electrons. The summed E-state index contributed by atoms with van der Waals surface area (Å²) in [6.45, 7) is 0.598. The first kappa shape index (κ1) is 11.2. The van der Waals surface area contributed by atoms with Crippen molar-refractivity contribution in [1.82, 2.24) is 20.2 Å². The standard InChI is InChI=1S/C15H12N4O/c1-2-6-11(7-3-1)14-10-19-15(16-17-18-19)12-8-4-5-9-13(12)20-14/h1-9,14H,10H2/t14-/m0/s1. The molecule has 0 saturated carbocycles. The first-order valence-electron chi connectivity index (χ1n) is 6.49. The Hall–Kier alpha value is -2.69. The molecule has 1 aliphatic heterocycles. The molecule has 5 heteroatoms. The van der Waals surface area contributed by atoms with Crippen molar-refractivity contribution in [2.45, 2.75) is 12.6 Å². The fourth-order valence-electron chi connectivity index (χ4n) is 2.46. The van der Waals surface area contributed by atoms with Gasteiger partial charge < -0.3 is 4.74 Å². The summed E-state index contributed by atoms with van der Waals surface area (Å²) < 4.78 is 7.95. The Kier molecular flexibility index (Phi) is 2.48. The van der Waals surface area contributed by atoms with E-state index in [1.54, 1.807) is 4.68 Å².